The summed E-state index contributed by atoms with van der Waals surface area (Å²) in [5.74, 6) is 0. The largest absolute Gasteiger partial charge is 0.364 e. The van der Waals surface area contributed by atoms with Crippen LogP contribution in [0.2, 0.25) is 0 Å². The van der Waals surface area contributed by atoms with Gasteiger partial charge in [0.2, 0.25) is 0 Å². The van der Waals surface area contributed by atoms with Crippen LogP contribution >= 0.6 is 0 Å². The summed E-state index contributed by atoms with van der Waals surface area (Å²) in [5, 5.41) is 2.58. The molecule has 0 aromatic heterocycles. The number of rotatable bonds is 6. The lowest BCUT2D eigenvalue weighted by Crippen LogP contribution is -2.23. The van der Waals surface area contributed by atoms with E-state index < -0.39 is 0 Å². The summed E-state index contributed by atoms with van der Waals surface area (Å²) >= 11 is 0. The van der Waals surface area contributed by atoms with E-state index in [4.69, 9.17) is 0 Å². The summed E-state index contributed by atoms with van der Waals surface area (Å²) in [6, 6.07) is 13.3. The number of anilines is 1. The predicted molar refractivity (Wildman–Crippen MR) is 100 cm³/mol. The van der Waals surface area contributed by atoms with Crippen molar-refractivity contribution in [3.05, 3.63) is 72.3 Å². The Balaban J connectivity index is 2.34. The van der Waals surface area contributed by atoms with Crippen molar-refractivity contribution in [2.45, 2.75) is 20.8 Å². The molecule has 0 saturated carbocycles. The fraction of sp³-hybridized carbons (Fsp3) is 0.238. The first-order chi connectivity index (χ1) is 10.8. The minimum Gasteiger partial charge on any atom is -0.364 e. The zero-order chi connectivity index (χ0) is 15.8. The number of nitrogens with zero attached hydrogens (tertiary/aromatic N) is 1. The maximum Gasteiger partial charge on any atom is 0.0378 e. The van der Waals surface area contributed by atoms with Crippen LogP contribution in [0.25, 0.3) is 16.8 Å². The molecule has 1 heteroatoms. The van der Waals surface area contributed by atoms with Crippen molar-refractivity contribution in [1.29, 1.82) is 0 Å². The second-order valence-corrected chi connectivity index (χ2v) is 5.33. The second kappa shape index (κ2) is 8.23. The Morgan fingerprint density at radius 3 is 2.05 bits per heavy atom. The van der Waals surface area contributed by atoms with Crippen LogP contribution in [-0.4, -0.2) is 13.1 Å². The Labute approximate surface area is 134 Å². The van der Waals surface area contributed by atoms with Gasteiger partial charge in [-0.25, -0.2) is 0 Å². The number of benzene rings is 2. The maximum atomic E-state index is 2.37. The molecular weight excluding hydrogens is 266 g/mol. The highest BCUT2D eigenvalue weighted by molar-refractivity contribution is 5.87. The second-order valence-electron chi connectivity index (χ2n) is 5.33. The van der Waals surface area contributed by atoms with E-state index in [1.807, 2.05) is 6.92 Å². The zero-order valence-corrected chi connectivity index (χ0v) is 13.8. The highest BCUT2D eigenvalue weighted by Crippen LogP contribution is 2.24. The van der Waals surface area contributed by atoms with Gasteiger partial charge < -0.3 is 4.90 Å². The van der Waals surface area contributed by atoms with Gasteiger partial charge in [0.05, 0.1) is 0 Å². The third kappa shape index (κ3) is 4.11. The number of allylic oxidation sites excluding steroid dienone is 3. The third-order valence-corrected chi connectivity index (χ3v) is 3.70. The Hall–Kier alpha value is -2.28. The van der Waals surface area contributed by atoms with Crippen LogP contribution in [0, 0.1) is 0 Å². The molecule has 0 radical (unpaired) electrons. The van der Waals surface area contributed by atoms with E-state index in [2.05, 4.69) is 91.6 Å². The van der Waals surface area contributed by atoms with E-state index in [1.54, 1.807) is 0 Å². The van der Waals surface area contributed by atoms with Gasteiger partial charge in [-0.3, -0.25) is 0 Å². The summed E-state index contributed by atoms with van der Waals surface area (Å²) in [4.78, 5) is 2.37. The van der Waals surface area contributed by atoms with Gasteiger partial charge in [-0.1, -0.05) is 54.7 Å². The molecule has 0 saturated heterocycles. The SMILES string of the molecule is CC=CCN(CC=CC)c1ccc2cc(C=CC)ccc2c1. The summed E-state index contributed by atoms with van der Waals surface area (Å²) < 4.78 is 0. The smallest absolute Gasteiger partial charge is 0.0378 e. The van der Waals surface area contributed by atoms with Crippen molar-refractivity contribution < 1.29 is 0 Å². The van der Waals surface area contributed by atoms with Crippen LogP contribution in [0.5, 0.6) is 0 Å². The van der Waals surface area contributed by atoms with Crippen LogP contribution in [0.4, 0.5) is 5.69 Å². The van der Waals surface area contributed by atoms with Gasteiger partial charge in [0.15, 0.2) is 0 Å². The molecule has 114 valence electrons. The molecule has 0 atom stereocenters. The molecule has 1 nitrogen and oxygen atoms in total. The molecular formula is C21H25N. The molecule has 0 spiro atoms. The first kappa shape index (κ1) is 16.1. The van der Waals surface area contributed by atoms with Gasteiger partial charge in [-0.05, 0) is 55.3 Å². The van der Waals surface area contributed by atoms with Gasteiger partial charge in [0.1, 0.15) is 0 Å². The molecule has 0 bridgehead atoms. The Morgan fingerprint density at radius 2 is 1.41 bits per heavy atom. The molecule has 0 N–H and O–H groups in total. The lowest BCUT2D eigenvalue weighted by molar-refractivity contribution is 0.953. The molecule has 0 aliphatic heterocycles. The maximum absolute atomic E-state index is 2.37. The van der Waals surface area contributed by atoms with E-state index in [9.17, 15) is 0 Å². The minimum atomic E-state index is 0.934. The highest BCUT2D eigenvalue weighted by Gasteiger charge is 2.04. The van der Waals surface area contributed by atoms with E-state index in [0.29, 0.717) is 0 Å². The van der Waals surface area contributed by atoms with Crippen LogP contribution in [0.1, 0.15) is 26.3 Å². The minimum absolute atomic E-state index is 0.934. The van der Waals surface area contributed by atoms with Crippen molar-refractivity contribution in [3.63, 3.8) is 0 Å². The Bertz CT molecular complexity index is 678. The molecule has 2 rings (SSSR count). The summed E-state index contributed by atoms with van der Waals surface area (Å²) in [6.45, 7) is 8.05. The highest BCUT2D eigenvalue weighted by atomic mass is 15.1. The summed E-state index contributed by atoms with van der Waals surface area (Å²) in [5.41, 5.74) is 2.52. The molecule has 0 aliphatic rings. The lowest BCUT2D eigenvalue weighted by atomic mass is 10.1. The van der Waals surface area contributed by atoms with Crippen LogP contribution in [-0.2, 0) is 0 Å². The van der Waals surface area contributed by atoms with Crippen molar-refractivity contribution in [2.24, 2.45) is 0 Å². The molecule has 0 unspecified atom stereocenters. The molecule has 0 amide bonds. The standard InChI is InChI=1S/C21H25N/c1-4-7-14-22(15-8-5-2)21-13-12-19-16-18(9-6-3)10-11-20(19)17-21/h4-13,16-17H,14-15H2,1-3H3. The number of hydrogen-bond acceptors (Lipinski definition) is 1. The van der Waals surface area contributed by atoms with Crippen molar-refractivity contribution >= 4 is 22.5 Å². The fourth-order valence-electron chi connectivity index (χ4n) is 2.50. The summed E-state index contributed by atoms with van der Waals surface area (Å²) in [6.07, 6.45) is 12.8. The van der Waals surface area contributed by atoms with E-state index in [1.165, 1.54) is 22.0 Å². The molecule has 0 heterocycles. The summed E-state index contributed by atoms with van der Waals surface area (Å²) in [7, 11) is 0. The fourth-order valence-corrected chi connectivity index (χ4v) is 2.50. The molecule has 2 aromatic carbocycles. The van der Waals surface area contributed by atoms with Gasteiger partial charge >= 0.3 is 0 Å². The van der Waals surface area contributed by atoms with Crippen molar-refractivity contribution in [1.82, 2.24) is 0 Å². The van der Waals surface area contributed by atoms with E-state index >= 15 is 0 Å². The molecule has 0 fully saturated rings. The van der Waals surface area contributed by atoms with E-state index in [-0.39, 0.29) is 0 Å². The van der Waals surface area contributed by atoms with Gasteiger partial charge in [0.25, 0.3) is 0 Å². The normalized spacial score (nSPS) is 12.1. The van der Waals surface area contributed by atoms with Crippen molar-refractivity contribution in [2.75, 3.05) is 18.0 Å². The lowest BCUT2D eigenvalue weighted by Gasteiger charge is -2.22. The molecule has 2 aromatic rings. The van der Waals surface area contributed by atoms with Gasteiger partial charge in [0, 0.05) is 18.8 Å². The molecule has 22 heavy (non-hydrogen) atoms. The number of fused-ring (bicyclic) bond motifs is 1. The monoisotopic (exact) mass is 291 g/mol. The Morgan fingerprint density at radius 1 is 0.773 bits per heavy atom. The van der Waals surface area contributed by atoms with Crippen molar-refractivity contribution in [3.8, 4) is 0 Å². The van der Waals surface area contributed by atoms with E-state index in [0.717, 1.165) is 13.1 Å². The van der Waals surface area contributed by atoms with Gasteiger partial charge in [-0.15, -0.1) is 0 Å². The zero-order valence-electron chi connectivity index (χ0n) is 13.8. The molecule has 0 aliphatic carbocycles. The quantitative estimate of drug-likeness (QED) is 0.605. The van der Waals surface area contributed by atoms with Crippen LogP contribution in [0.15, 0.2) is 66.8 Å². The predicted octanol–water partition coefficient (Wildman–Crippen LogP) is 5.83. The first-order valence-corrected chi connectivity index (χ1v) is 7.92. The van der Waals surface area contributed by atoms with Crippen LogP contribution < -0.4 is 4.90 Å². The number of hydrogen-bond donors (Lipinski definition) is 0. The van der Waals surface area contributed by atoms with Gasteiger partial charge in [-0.2, -0.15) is 0 Å². The van der Waals surface area contributed by atoms with Crippen LogP contribution in [0.3, 0.4) is 0 Å². The third-order valence-electron chi connectivity index (χ3n) is 3.70. The Kier molecular flexibility index (Phi) is 6.02. The first-order valence-electron chi connectivity index (χ1n) is 7.92. The average molecular weight is 291 g/mol. The average Bonchev–Trinajstić information content (AvgIpc) is 2.55. The topological polar surface area (TPSA) is 3.24 Å².